The number of carbonyl (C=O) groups excluding carboxylic acids is 3. The van der Waals surface area contributed by atoms with E-state index in [1.54, 1.807) is 53.7 Å². The Morgan fingerprint density at radius 1 is 0.971 bits per heavy atom. The Kier molecular flexibility index (Phi) is 8.90. The number of para-hydroxylation sites is 1. The fourth-order valence-electron chi connectivity index (χ4n) is 3.79. The highest BCUT2D eigenvalue weighted by Crippen LogP contribution is 2.30. The molecule has 2 aromatic rings. The van der Waals surface area contributed by atoms with Gasteiger partial charge in [0.05, 0.1) is 0 Å². The van der Waals surface area contributed by atoms with Crippen LogP contribution >= 0.6 is 0 Å². The van der Waals surface area contributed by atoms with Gasteiger partial charge in [0.15, 0.2) is 0 Å². The third-order valence-corrected chi connectivity index (χ3v) is 5.36. The van der Waals surface area contributed by atoms with Crippen LogP contribution in [0.3, 0.4) is 0 Å². The largest absolute Gasteiger partial charge is 0.508 e. The van der Waals surface area contributed by atoms with Gasteiger partial charge in [0, 0.05) is 11.7 Å². The maximum Gasteiger partial charge on any atom is 0.408 e. The van der Waals surface area contributed by atoms with Crippen LogP contribution in [0.5, 0.6) is 5.75 Å². The van der Waals surface area contributed by atoms with E-state index < -0.39 is 41.6 Å². The molecule has 2 aromatic carbocycles. The minimum absolute atomic E-state index is 0.0246. The maximum absolute atomic E-state index is 13.7. The molecule has 0 aliphatic heterocycles. The summed E-state index contributed by atoms with van der Waals surface area (Å²) < 4.78 is 5.28. The van der Waals surface area contributed by atoms with E-state index in [2.05, 4.69) is 10.6 Å². The predicted octanol–water partition coefficient (Wildman–Crippen LogP) is 4.84. The quantitative estimate of drug-likeness (QED) is 0.522. The summed E-state index contributed by atoms with van der Waals surface area (Å²) in [4.78, 5) is 41.0. The van der Waals surface area contributed by atoms with Crippen molar-refractivity contribution in [3.8, 4) is 5.75 Å². The average Bonchev–Trinajstić information content (AvgIpc) is 2.72. The molecule has 0 heterocycles. The van der Waals surface area contributed by atoms with Gasteiger partial charge in [0.25, 0.3) is 5.91 Å². The van der Waals surface area contributed by atoms with Crippen LogP contribution in [-0.2, 0) is 14.3 Å². The molecule has 0 bridgehead atoms. The summed E-state index contributed by atoms with van der Waals surface area (Å²) in [6.07, 6.45) is -0.726. The van der Waals surface area contributed by atoms with Gasteiger partial charge in [-0.05, 0) is 84.2 Å². The van der Waals surface area contributed by atoms with Crippen molar-refractivity contribution in [2.75, 3.05) is 5.32 Å². The fourth-order valence-corrected chi connectivity index (χ4v) is 3.79. The smallest absolute Gasteiger partial charge is 0.408 e. The second-order valence-electron chi connectivity index (χ2n) is 9.96. The van der Waals surface area contributed by atoms with Crippen LogP contribution in [0, 0.1) is 13.8 Å². The second-order valence-corrected chi connectivity index (χ2v) is 9.96. The lowest BCUT2D eigenvalue weighted by Crippen LogP contribution is -2.53. The first-order chi connectivity index (χ1) is 16.2. The number of anilines is 1. The van der Waals surface area contributed by atoms with Crippen molar-refractivity contribution < 1.29 is 24.2 Å². The van der Waals surface area contributed by atoms with Crippen molar-refractivity contribution in [3.05, 3.63) is 59.2 Å². The number of ether oxygens (including phenoxy) is 1. The highest BCUT2D eigenvalue weighted by Gasteiger charge is 2.36. The highest BCUT2D eigenvalue weighted by molar-refractivity contribution is 6.00. The normalized spacial score (nSPS) is 13.1. The molecule has 2 atom stereocenters. The van der Waals surface area contributed by atoms with E-state index in [9.17, 15) is 19.5 Å². The first-order valence-electron chi connectivity index (χ1n) is 11.7. The van der Waals surface area contributed by atoms with Gasteiger partial charge in [0.2, 0.25) is 5.91 Å². The van der Waals surface area contributed by atoms with Crippen molar-refractivity contribution in [3.63, 3.8) is 0 Å². The number of nitrogens with one attached hydrogen (secondary N) is 2. The number of benzene rings is 2. The molecule has 0 saturated carbocycles. The number of carbonyl (C=O) groups is 3. The van der Waals surface area contributed by atoms with Gasteiger partial charge < -0.3 is 25.4 Å². The van der Waals surface area contributed by atoms with Gasteiger partial charge in [-0.2, -0.15) is 0 Å². The van der Waals surface area contributed by atoms with Gasteiger partial charge in [-0.15, -0.1) is 0 Å². The molecular formula is C27H37N3O5. The van der Waals surface area contributed by atoms with Crippen molar-refractivity contribution in [2.24, 2.45) is 0 Å². The molecule has 0 saturated heterocycles. The Balaban J connectivity index is 2.46. The Morgan fingerprint density at radius 3 is 2.06 bits per heavy atom. The van der Waals surface area contributed by atoms with Crippen molar-refractivity contribution >= 4 is 23.6 Å². The molecule has 0 radical (unpaired) electrons. The van der Waals surface area contributed by atoms with E-state index >= 15 is 0 Å². The Morgan fingerprint density at radius 2 is 1.54 bits per heavy atom. The van der Waals surface area contributed by atoms with Crippen LogP contribution in [0.2, 0.25) is 0 Å². The fraction of sp³-hybridized carbons (Fsp3) is 0.444. The maximum atomic E-state index is 13.7. The number of alkyl carbamates (subject to hydrolysis) is 1. The number of aromatic hydroxyl groups is 1. The third kappa shape index (κ3) is 7.47. The zero-order valence-electron chi connectivity index (χ0n) is 21.8. The minimum atomic E-state index is -1.06. The molecule has 0 aromatic heterocycles. The summed E-state index contributed by atoms with van der Waals surface area (Å²) in [5, 5.41) is 15.6. The SMILES string of the molecule is Cc1cccc(C)c1NC(=O)C(c1cccc(O)c1)N(C(=O)C(C)NC(=O)OC(C)(C)C)C(C)C. The summed E-state index contributed by atoms with van der Waals surface area (Å²) in [5.41, 5.74) is 2.16. The Labute approximate surface area is 207 Å². The first kappa shape index (κ1) is 27.7. The molecule has 2 unspecified atom stereocenters. The molecule has 8 heteroatoms. The van der Waals surface area contributed by atoms with Crippen molar-refractivity contribution in [1.29, 1.82) is 0 Å². The molecule has 0 spiro atoms. The van der Waals surface area contributed by atoms with Crippen molar-refractivity contribution in [1.82, 2.24) is 10.2 Å². The van der Waals surface area contributed by atoms with Gasteiger partial charge in [-0.25, -0.2) is 4.79 Å². The van der Waals surface area contributed by atoms with Crippen LogP contribution in [0.4, 0.5) is 10.5 Å². The van der Waals surface area contributed by atoms with E-state index in [4.69, 9.17) is 4.74 Å². The molecule has 35 heavy (non-hydrogen) atoms. The van der Waals surface area contributed by atoms with E-state index in [0.29, 0.717) is 11.3 Å². The zero-order valence-corrected chi connectivity index (χ0v) is 21.8. The van der Waals surface area contributed by atoms with Gasteiger partial charge in [0.1, 0.15) is 23.4 Å². The number of phenolic OH excluding ortho intramolecular Hbond substituents is 1. The summed E-state index contributed by atoms with van der Waals surface area (Å²) in [5.74, 6) is -0.918. The lowest BCUT2D eigenvalue weighted by atomic mass is 10.00. The number of amides is 3. The number of phenols is 1. The number of aryl methyl sites for hydroxylation is 2. The van der Waals surface area contributed by atoms with Crippen LogP contribution in [0.15, 0.2) is 42.5 Å². The van der Waals surface area contributed by atoms with Crippen LogP contribution in [0.25, 0.3) is 0 Å². The number of rotatable bonds is 7. The van der Waals surface area contributed by atoms with Crippen molar-refractivity contribution in [2.45, 2.75) is 79.1 Å². The topological polar surface area (TPSA) is 108 Å². The summed E-state index contributed by atoms with van der Waals surface area (Å²) in [6.45, 7) is 14.1. The summed E-state index contributed by atoms with van der Waals surface area (Å²) >= 11 is 0. The van der Waals surface area contributed by atoms with Gasteiger partial charge in [-0.1, -0.05) is 30.3 Å². The molecule has 8 nitrogen and oxygen atoms in total. The summed E-state index contributed by atoms with van der Waals surface area (Å²) in [6, 6.07) is 9.54. The zero-order chi connectivity index (χ0) is 26.5. The summed E-state index contributed by atoms with van der Waals surface area (Å²) in [7, 11) is 0. The van der Waals surface area contributed by atoms with Gasteiger partial charge in [-0.3, -0.25) is 9.59 Å². The second kappa shape index (κ2) is 11.3. The molecule has 2 rings (SSSR count). The first-order valence-corrected chi connectivity index (χ1v) is 11.7. The Bertz CT molecular complexity index is 1050. The Hall–Kier alpha value is -3.55. The van der Waals surface area contributed by atoms with Crippen LogP contribution < -0.4 is 10.6 Å². The third-order valence-electron chi connectivity index (χ3n) is 5.36. The number of hydrogen-bond acceptors (Lipinski definition) is 5. The van der Waals surface area contributed by atoms with Gasteiger partial charge >= 0.3 is 6.09 Å². The molecule has 0 aliphatic carbocycles. The number of hydrogen-bond donors (Lipinski definition) is 3. The lowest BCUT2D eigenvalue weighted by Gasteiger charge is -2.36. The number of nitrogens with zero attached hydrogens (tertiary/aromatic N) is 1. The van der Waals surface area contributed by atoms with E-state index in [1.165, 1.54) is 17.0 Å². The highest BCUT2D eigenvalue weighted by atomic mass is 16.6. The lowest BCUT2D eigenvalue weighted by molar-refractivity contribution is -0.142. The molecule has 3 amide bonds. The van der Waals surface area contributed by atoms with Crippen LogP contribution in [-0.4, -0.2) is 45.6 Å². The monoisotopic (exact) mass is 483 g/mol. The van der Waals surface area contributed by atoms with E-state index in [-0.39, 0.29) is 5.75 Å². The predicted molar refractivity (Wildman–Crippen MR) is 136 cm³/mol. The molecular weight excluding hydrogens is 446 g/mol. The molecule has 0 aliphatic rings. The van der Waals surface area contributed by atoms with E-state index in [1.807, 2.05) is 32.0 Å². The average molecular weight is 484 g/mol. The molecule has 3 N–H and O–H groups in total. The molecule has 190 valence electrons. The molecule has 0 fully saturated rings. The standard InChI is InChI=1S/C27H37N3O5/c1-16(2)30(25(33)19(5)28-26(34)35-27(6,7)8)23(20-13-10-14-21(31)15-20)24(32)29-22-17(3)11-9-12-18(22)4/h9-16,19,23,31H,1-8H3,(H,28,34)(H,29,32). The van der Waals surface area contributed by atoms with E-state index in [0.717, 1.165) is 11.1 Å². The van der Waals surface area contributed by atoms with Crippen LogP contribution in [0.1, 0.15) is 64.3 Å². The minimum Gasteiger partial charge on any atom is -0.508 e.